The molecule has 1 heterocycles. The summed E-state index contributed by atoms with van der Waals surface area (Å²) < 4.78 is 33.6. The van der Waals surface area contributed by atoms with Gasteiger partial charge in [0, 0.05) is 19.4 Å². The van der Waals surface area contributed by atoms with Crippen molar-refractivity contribution in [1.29, 1.82) is 0 Å². The number of benzene rings is 1. The Morgan fingerprint density at radius 2 is 1.86 bits per heavy atom. The molecule has 5 heteroatoms. The van der Waals surface area contributed by atoms with E-state index in [9.17, 15) is 8.78 Å². The highest BCUT2D eigenvalue weighted by atomic mass is 19.3. The van der Waals surface area contributed by atoms with Crippen LogP contribution in [0.1, 0.15) is 40.0 Å². The summed E-state index contributed by atoms with van der Waals surface area (Å²) in [4.78, 5) is 4.34. The number of oxazole rings is 1. The van der Waals surface area contributed by atoms with Crippen molar-refractivity contribution in [3.63, 3.8) is 0 Å². The monoisotopic (exact) mass is 308 g/mol. The van der Waals surface area contributed by atoms with Crippen molar-refractivity contribution in [3.8, 4) is 0 Å². The second-order valence-corrected chi connectivity index (χ2v) is 7.70. The molecular weight excluding hydrogens is 286 g/mol. The van der Waals surface area contributed by atoms with Gasteiger partial charge in [-0.05, 0) is 29.4 Å². The van der Waals surface area contributed by atoms with Gasteiger partial charge in [-0.25, -0.2) is 8.78 Å². The number of para-hydroxylation sites is 2. The number of rotatable bonds is 3. The molecule has 2 aromatic rings. The first-order chi connectivity index (χ1) is 10.2. The molecule has 3 nitrogen and oxygen atoms in total. The quantitative estimate of drug-likeness (QED) is 0.858. The molecule has 1 N–H and O–H groups in total. The third-order valence-corrected chi connectivity index (χ3v) is 4.29. The van der Waals surface area contributed by atoms with E-state index in [0.29, 0.717) is 18.1 Å². The highest BCUT2D eigenvalue weighted by molar-refractivity contribution is 5.74. The van der Waals surface area contributed by atoms with E-state index < -0.39 is 11.3 Å². The Labute approximate surface area is 129 Å². The molecule has 120 valence electrons. The number of hydrogen-bond acceptors (Lipinski definition) is 3. The van der Waals surface area contributed by atoms with Gasteiger partial charge in [0.05, 0.1) is 0 Å². The second-order valence-electron chi connectivity index (χ2n) is 7.70. The van der Waals surface area contributed by atoms with Crippen molar-refractivity contribution < 1.29 is 13.2 Å². The van der Waals surface area contributed by atoms with E-state index in [1.807, 2.05) is 45.0 Å². The van der Waals surface area contributed by atoms with Crippen molar-refractivity contribution >= 4 is 17.1 Å². The maximum Gasteiger partial charge on any atom is 0.295 e. The zero-order chi connectivity index (χ0) is 16.0. The fraction of sp³-hybridized carbons (Fsp3) is 0.588. The van der Waals surface area contributed by atoms with Crippen molar-refractivity contribution in [3.05, 3.63) is 24.3 Å². The highest BCUT2D eigenvalue weighted by Crippen LogP contribution is 2.52. The summed E-state index contributed by atoms with van der Waals surface area (Å²) in [7, 11) is 0. The Balaban J connectivity index is 1.74. The van der Waals surface area contributed by atoms with E-state index in [1.54, 1.807) is 0 Å². The molecule has 22 heavy (non-hydrogen) atoms. The number of nitrogens with one attached hydrogen (secondary N) is 1. The lowest BCUT2D eigenvalue weighted by Crippen LogP contribution is -2.45. The average Bonchev–Trinajstić information content (AvgIpc) is 2.74. The van der Waals surface area contributed by atoms with E-state index in [4.69, 9.17) is 4.42 Å². The van der Waals surface area contributed by atoms with E-state index >= 15 is 0 Å². The molecular formula is C17H22F2N2O. The van der Waals surface area contributed by atoms with Gasteiger partial charge in [0.1, 0.15) is 5.52 Å². The molecule has 0 aliphatic heterocycles. The molecule has 3 rings (SSSR count). The molecule has 0 amide bonds. The minimum Gasteiger partial charge on any atom is -0.424 e. The largest absolute Gasteiger partial charge is 0.424 e. The van der Waals surface area contributed by atoms with Crippen LogP contribution in [0.3, 0.4) is 0 Å². The number of anilines is 1. The molecule has 0 bridgehead atoms. The van der Waals surface area contributed by atoms with Crippen LogP contribution in [0.5, 0.6) is 0 Å². The molecule has 1 aliphatic rings. The Morgan fingerprint density at radius 3 is 2.55 bits per heavy atom. The first-order valence-corrected chi connectivity index (χ1v) is 7.64. The molecule has 1 saturated carbocycles. The summed E-state index contributed by atoms with van der Waals surface area (Å²) in [5.74, 6) is -2.61. The minimum absolute atomic E-state index is 0.0432. The van der Waals surface area contributed by atoms with Gasteiger partial charge < -0.3 is 9.73 Å². The van der Waals surface area contributed by atoms with Gasteiger partial charge >= 0.3 is 0 Å². The van der Waals surface area contributed by atoms with Gasteiger partial charge in [0.25, 0.3) is 6.01 Å². The Hall–Kier alpha value is -1.65. The number of nitrogens with zero attached hydrogens (tertiary/aromatic N) is 1. The SMILES string of the molecule is CC1(C)CC(F)(F)CC(C)(CNc2nc3ccccc3o2)C1. The van der Waals surface area contributed by atoms with Crippen LogP contribution >= 0.6 is 0 Å². The Morgan fingerprint density at radius 1 is 1.14 bits per heavy atom. The molecule has 1 aliphatic carbocycles. The summed E-state index contributed by atoms with van der Waals surface area (Å²) in [6.45, 7) is 6.17. The molecule has 1 aromatic carbocycles. The average molecular weight is 308 g/mol. The minimum atomic E-state index is -2.61. The lowest BCUT2D eigenvalue weighted by molar-refractivity contribution is -0.117. The van der Waals surface area contributed by atoms with Crippen molar-refractivity contribution in [1.82, 2.24) is 4.98 Å². The van der Waals surface area contributed by atoms with Crippen LogP contribution < -0.4 is 5.32 Å². The molecule has 0 saturated heterocycles. The van der Waals surface area contributed by atoms with Gasteiger partial charge in [-0.3, -0.25) is 0 Å². The molecule has 1 fully saturated rings. The third kappa shape index (κ3) is 3.23. The lowest BCUT2D eigenvalue weighted by Gasteiger charge is -2.46. The Kier molecular flexibility index (Phi) is 3.42. The van der Waals surface area contributed by atoms with Crippen molar-refractivity contribution in [2.45, 2.75) is 46.0 Å². The predicted molar refractivity (Wildman–Crippen MR) is 83.2 cm³/mol. The van der Waals surface area contributed by atoms with E-state index in [1.165, 1.54) is 0 Å². The summed E-state index contributed by atoms with van der Waals surface area (Å²) in [5, 5.41) is 3.11. The molecule has 1 unspecified atom stereocenters. The highest BCUT2D eigenvalue weighted by Gasteiger charge is 2.50. The van der Waals surface area contributed by atoms with Crippen LogP contribution in [0.2, 0.25) is 0 Å². The normalized spacial score (nSPS) is 27.0. The zero-order valence-electron chi connectivity index (χ0n) is 13.2. The van der Waals surface area contributed by atoms with E-state index in [0.717, 1.165) is 11.9 Å². The van der Waals surface area contributed by atoms with Crippen LogP contribution in [-0.2, 0) is 0 Å². The fourth-order valence-corrected chi connectivity index (χ4v) is 4.03. The second kappa shape index (κ2) is 4.93. The molecule has 0 radical (unpaired) electrons. The van der Waals surface area contributed by atoms with Crippen LogP contribution in [0, 0.1) is 10.8 Å². The van der Waals surface area contributed by atoms with Crippen LogP contribution in [0.15, 0.2) is 28.7 Å². The summed E-state index contributed by atoms with van der Waals surface area (Å²) in [6.07, 6.45) is 0.609. The van der Waals surface area contributed by atoms with E-state index in [2.05, 4.69) is 10.3 Å². The molecule has 1 atom stereocenters. The number of halogens is 2. The van der Waals surface area contributed by atoms with Gasteiger partial charge in [-0.2, -0.15) is 4.98 Å². The lowest BCUT2D eigenvalue weighted by atomic mass is 9.63. The summed E-state index contributed by atoms with van der Waals surface area (Å²) >= 11 is 0. The molecule has 0 spiro atoms. The van der Waals surface area contributed by atoms with Crippen LogP contribution in [0.25, 0.3) is 11.1 Å². The van der Waals surface area contributed by atoms with Gasteiger partial charge in [0.2, 0.25) is 5.92 Å². The first kappa shape index (κ1) is 15.3. The summed E-state index contributed by atoms with van der Waals surface area (Å²) in [6, 6.07) is 7.87. The van der Waals surface area contributed by atoms with Gasteiger partial charge in [-0.1, -0.05) is 32.9 Å². The first-order valence-electron chi connectivity index (χ1n) is 7.64. The number of hydrogen-bond donors (Lipinski definition) is 1. The summed E-state index contributed by atoms with van der Waals surface area (Å²) in [5.41, 5.74) is 0.625. The van der Waals surface area contributed by atoms with E-state index in [-0.39, 0.29) is 18.3 Å². The zero-order valence-corrected chi connectivity index (χ0v) is 13.2. The maximum atomic E-state index is 14.0. The topological polar surface area (TPSA) is 38.1 Å². The Bertz CT molecular complexity index is 629. The maximum absolute atomic E-state index is 14.0. The van der Waals surface area contributed by atoms with Gasteiger partial charge in [-0.15, -0.1) is 0 Å². The van der Waals surface area contributed by atoms with Crippen molar-refractivity contribution in [2.75, 3.05) is 11.9 Å². The number of aromatic nitrogens is 1. The van der Waals surface area contributed by atoms with Crippen LogP contribution in [0.4, 0.5) is 14.8 Å². The standard InChI is InChI=1S/C17H22F2N2O/c1-15(2)8-16(3,10-17(18,19)9-15)11-20-14-21-12-6-4-5-7-13(12)22-14/h4-7H,8-11H2,1-3H3,(H,20,21). The van der Waals surface area contributed by atoms with Crippen molar-refractivity contribution in [2.24, 2.45) is 10.8 Å². The number of alkyl halides is 2. The smallest absolute Gasteiger partial charge is 0.295 e. The molecule has 1 aromatic heterocycles. The fourth-order valence-electron chi connectivity index (χ4n) is 4.03. The predicted octanol–water partition coefficient (Wildman–Crippen LogP) is 5.09. The van der Waals surface area contributed by atoms with Crippen LogP contribution in [-0.4, -0.2) is 17.5 Å². The van der Waals surface area contributed by atoms with Gasteiger partial charge in [0.15, 0.2) is 5.58 Å². The number of fused-ring (bicyclic) bond motifs is 1. The third-order valence-electron chi connectivity index (χ3n) is 4.29.